The second-order valence-electron chi connectivity index (χ2n) is 9.86. The Labute approximate surface area is 177 Å². The minimum absolute atomic E-state index is 0.0884. The highest BCUT2D eigenvalue weighted by Crippen LogP contribution is 2.42. The van der Waals surface area contributed by atoms with E-state index in [9.17, 15) is 9.90 Å². The topological polar surface area (TPSA) is 88.2 Å². The van der Waals surface area contributed by atoms with Crippen molar-refractivity contribution in [2.75, 3.05) is 0 Å². The number of aromatic nitrogens is 3. The standard InChI is InChI=1S/C24H31N3O3/c1-23(2,3)17-13-15(14-18(21(17)30)24(4,5)6)20-16-9-7-11-25-22(16)27(26-20)12-8-10-19(28)29/h7,9,11,13-14,30H,8,10,12H2,1-6H3,(H,28,29). The van der Waals surface area contributed by atoms with Crippen LogP contribution >= 0.6 is 0 Å². The van der Waals surface area contributed by atoms with Crippen molar-refractivity contribution in [2.24, 2.45) is 0 Å². The molecule has 0 saturated heterocycles. The van der Waals surface area contributed by atoms with Crippen LogP contribution in [0.1, 0.15) is 65.5 Å². The van der Waals surface area contributed by atoms with E-state index in [0.29, 0.717) is 18.7 Å². The predicted molar refractivity (Wildman–Crippen MR) is 119 cm³/mol. The van der Waals surface area contributed by atoms with Crippen LogP contribution in [-0.4, -0.2) is 30.9 Å². The number of fused-ring (bicyclic) bond motifs is 1. The van der Waals surface area contributed by atoms with Gasteiger partial charge in [0.15, 0.2) is 5.65 Å². The van der Waals surface area contributed by atoms with E-state index in [1.807, 2.05) is 24.3 Å². The molecule has 0 aliphatic carbocycles. The molecule has 2 heterocycles. The lowest BCUT2D eigenvalue weighted by atomic mass is 9.78. The highest BCUT2D eigenvalue weighted by atomic mass is 16.4. The molecule has 0 aliphatic rings. The van der Waals surface area contributed by atoms with E-state index < -0.39 is 5.97 Å². The van der Waals surface area contributed by atoms with Crippen molar-refractivity contribution in [2.45, 2.75) is 71.8 Å². The van der Waals surface area contributed by atoms with Gasteiger partial charge in [0.25, 0.3) is 0 Å². The maximum absolute atomic E-state index is 11.0. The number of hydrogen-bond donors (Lipinski definition) is 2. The average molecular weight is 410 g/mol. The van der Waals surface area contributed by atoms with Gasteiger partial charge in [-0.15, -0.1) is 0 Å². The van der Waals surface area contributed by atoms with Gasteiger partial charge in [0, 0.05) is 41.2 Å². The van der Waals surface area contributed by atoms with Crippen LogP contribution in [0.5, 0.6) is 5.75 Å². The Bertz CT molecular complexity index is 1050. The zero-order valence-corrected chi connectivity index (χ0v) is 18.7. The lowest BCUT2D eigenvalue weighted by Gasteiger charge is -2.28. The highest BCUT2D eigenvalue weighted by molar-refractivity contribution is 5.91. The fraction of sp³-hybridized carbons (Fsp3) is 0.458. The molecule has 0 atom stereocenters. The van der Waals surface area contributed by atoms with Crippen LogP contribution in [0.4, 0.5) is 0 Å². The number of carboxylic acid groups (broad SMARTS) is 1. The lowest BCUT2D eigenvalue weighted by molar-refractivity contribution is -0.137. The molecule has 30 heavy (non-hydrogen) atoms. The van der Waals surface area contributed by atoms with Crippen LogP contribution in [-0.2, 0) is 22.2 Å². The summed E-state index contributed by atoms with van der Waals surface area (Å²) in [5, 5.41) is 25.7. The van der Waals surface area contributed by atoms with E-state index in [1.54, 1.807) is 10.9 Å². The molecular weight excluding hydrogens is 378 g/mol. The van der Waals surface area contributed by atoms with Crippen molar-refractivity contribution >= 4 is 17.0 Å². The summed E-state index contributed by atoms with van der Waals surface area (Å²) in [6.45, 7) is 13.0. The fourth-order valence-corrected chi connectivity index (χ4v) is 3.67. The first-order valence-corrected chi connectivity index (χ1v) is 10.3. The molecule has 0 bridgehead atoms. The number of phenolic OH excluding ortho intramolecular Hbond substituents is 1. The normalized spacial score (nSPS) is 12.5. The highest BCUT2D eigenvalue weighted by Gasteiger charge is 2.28. The first-order chi connectivity index (χ1) is 13.9. The molecule has 0 saturated carbocycles. The maximum Gasteiger partial charge on any atom is 0.303 e. The number of carbonyl (C=O) groups is 1. The monoisotopic (exact) mass is 409 g/mol. The second-order valence-corrected chi connectivity index (χ2v) is 9.86. The summed E-state index contributed by atoms with van der Waals surface area (Å²) in [7, 11) is 0. The molecule has 3 aromatic rings. The molecule has 0 amide bonds. The summed E-state index contributed by atoms with van der Waals surface area (Å²) in [5.74, 6) is -0.482. The summed E-state index contributed by atoms with van der Waals surface area (Å²) < 4.78 is 1.79. The third kappa shape index (κ3) is 4.32. The number of aliphatic carboxylic acids is 1. The molecule has 0 spiro atoms. The van der Waals surface area contributed by atoms with Crippen LogP contribution in [0.25, 0.3) is 22.3 Å². The van der Waals surface area contributed by atoms with Gasteiger partial charge >= 0.3 is 5.97 Å². The smallest absolute Gasteiger partial charge is 0.303 e. The molecule has 0 radical (unpaired) electrons. The second kappa shape index (κ2) is 7.74. The third-order valence-electron chi connectivity index (χ3n) is 5.27. The first-order valence-electron chi connectivity index (χ1n) is 10.3. The lowest BCUT2D eigenvalue weighted by Crippen LogP contribution is -2.17. The number of hydrogen-bond acceptors (Lipinski definition) is 4. The van der Waals surface area contributed by atoms with E-state index in [4.69, 9.17) is 10.2 Å². The molecular formula is C24H31N3O3. The molecule has 2 aromatic heterocycles. The molecule has 1 aromatic carbocycles. The van der Waals surface area contributed by atoms with Crippen LogP contribution < -0.4 is 0 Å². The summed E-state index contributed by atoms with van der Waals surface area (Å²) in [4.78, 5) is 15.4. The number of benzene rings is 1. The summed E-state index contributed by atoms with van der Waals surface area (Å²) in [6, 6.07) is 7.89. The maximum atomic E-state index is 11.0. The Balaban J connectivity index is 2.21. The Hall–Kier alpha value is -2.89. The third-order valence-corrected chi connectivity index (χ3v) is 5.27. The molecule has 3 rings (SSSR count). The van der Waals surface area contributed by atoms with Crippen molar-refractivity contribution in [3.63, 3.8) is 0 Å². The first kappa shape index (κ1) is 21.8. The van der Waals surface area contributed by atoms with Gasteiger partial charge in [-0.05, 0) is 41.5 Å². The molecule has 6 heteroatoms. The summed E-state index contributed by atoms with van der Waals surface area (Å²) >= 11 is 0. The molecule has 0 aliphatic heterocycles. The molecule has 0 fully saturated rings. The van der Waals surface area contributed by atoms with Crippen molar-refractivity contribution in [3.05, 3.63) is 41.6 Å². The van der Waals surface area contributed by atoms with Gasteiger partial charge in [0.05, 0.1) is 0 Å². The number of phenols is 1. The quantitative estimate of drug-likeness (QED) is 0.600. The number of aryl methyl sites for hydroxylation is 1. The van der Waals surface area contributed by atoms with E-state index in [2.05, 4.69) is 46.5 Å². The number of rotatable bonds is 5. The minimum Gasteiger partial charge on any atom is -0.507 e. The van der Waals surface area contributed by atoms with E-state index >= 15 is 0 Å². The Kier molecular flexibility index (Phi) is 5.63. The zero-order chi connectivity index (χ0) is 22.3. The largest absolute Gasteiger partial charge is 0.507 e. The Morgan fingerprint density at radius 2 is 1.67 bits per heavy atom. The van der Waals surface area contributed by atoms with E-state index in [-0.39, 0.29) is 17.3 Å². The number of pyridine rings is 1. The van der Waals surface area contributed by atoms with Gasteiger partial charge in [-0.25, -0.2) is 9.67 Å². The number of nitrogens with zero attached hydrogens (tertiary/aromatic N) is 3. The van der Waals surface area contributed by atoms with Crippen molar-refractivity contribution < 1.29 is 15.0 Å². The fourth-order valence-electron chi connectivity index (χ4n) is 3.67. The Morgan fingerprint density at radius 3 is 2.20 bits per heavy atom. The van der Waals surface area contributed by atoms with Crippen LogP contribution in [0.3, 0.4) is 0 Å². The van der Waals surface area contributed by atoms with Gasteiger partial charge in [-0.3, -0.25) is 4.79 Å². The van der Waals surface area contributed by atoms with Gasteiger partial charge in [0.2, 0.25) is 0 Å². The zero-order valence-electron chi connectivity index (χ0n) is 18.7. The van der Waals surface area contributed by atoms with Crippen molar-refractivity contribution in [1.82, 2.24) is 14.8 Å². The van der Waals surface area contributed by atoms with Gasteiger partial charge in [-0.2, -0.15) is 5.10 Å². The summed E-state index contributed by atoms with van der Waals surface area (Å²) in [6.07, 6.45) is 2.29. The predicted octanol–water partition coefficient (Wildman–Crippen LogP) is 5.26. The van der Waals surface area contributed by atoms with Crippen molar-refractivity contribution in [1.29, 1.82) is 0 Å². The average Bonchev–Trinajstić information content (AvgIpc) is 2.99. The molecule has 0 unspecified atom stereocenters. The van der Waals surface area contributed by atoms with Gasteiger partial charge < -0.3 is 10.2 Å². The number of aromatic hydroxyl groups is 1. The summed E-state index contributed by atoms with van der Waals surface area (Å²) in [5.41, 5.74) is 3.74. The minimum atomic E-state index is -0.817. The Morgan fingerprint density at radius 1 is 1.07 bits per heavy atom. The van der Waals surface area contributed by atoms with Crippen molar-refractivity contribution in [3.8, 4) is 17.0 Å². The van der Waals surface area contributed by atoms with Crippen LogP contribution in [0.2, 0.25) is 0 Å². The molecule has 2 N–H and O–H groups in total. The number of carboxylic acids is 1. The van der Waals surface area contributed by atoms with Crippen LogP contribution in [0, 0.1) is 0 Å². The van der Waals surface area contributed by atoms with E-state index in [1.165, 1.54) is 0 Å². The molecule has 160 valence electrons. The van der Waals surface area contributed by atoms with Crippen LogP contribution in [0.15, 0.2) is 30.5 Å². The van der Waals surface area contributed by atoms with E-state index in [0.717, 1.165) is 33.4 Å². The van der Waals surface area contributed by atoms with Gasteiger partial charge in [-0.1, -0.05) is 41.5 Å². The molecule has 6 nitrogen and oxygen atoms in total. The SMILES string of the molecule is CC(C)(C)c1cc(-c2nn(CCCC(=O)O)c3ncccc23)cc(C(C)(C)C)c1O. The van der Waals surface area contributed by atoms with Gasteiger partial charge in [0.1, 0.15) is 11.4 Å².